The van der Waals surface area contributed by atoms with Crippen LogP contribution in [0.15, 0.2) is 36.4 Å². The number of para-hydroxylation sites is 1. The van der Waals surface area contributed by atoms with Gasteiger partial charge in [-0.1, -0.05) is 12.1 Å². The standard InChI is InChI=1S/C20H20F2N2O8/c1-3-30-15-7-5-4-6-13(15)19(26)23-10-18(25)31-11-12-8-16(29-2)17(32-20(21)22)9-14(12)24(27)28/h4-9,20H,3,10-11H2,1-2H3,(H,23,26). The van der Waals surface area contributed by atoms with Gasteiger partial charge in [-0.2, -0.15) is 8.78 Å². The first-order valence-electron chi connectivity index (χ1n) is 9.22. The number of esters is 1. The second-order valence-corrected chi connectivity index (χ2v) is 6.04. The lowest BCUT2D eigenvalue weighted by Crippen LogP contribution is -2.30. The predicted molar refractivity (Wildman–Crippen MR) is 106 cm³/mol. The summed E-state index contributed by atoms with van der Waals surface area (Å²) >= 11 is 0. The fourth-order valence-electron chi connectivity index (χ4n) is 2.62. The zero-order valence-corrected chi connectivity index (χ0v) is 17.1. The summed E-state index contributed by atoms with van der Waals surface area (Å²) in [6.45, 7) is -2.20. The van der Waals surface area contributed by atoms with Crippen molar-refractivity contribution in [3.63, 3.8) is 0 Å². The Morgan fingerprint density at radius 1 is 1.16 bits per heavy atom. The maximum atomic E-state index is 12.5. The van der Waals surface area contributed by atoms with Gasteiger partial charge in [0.15, 0.2) is 11.5 Å². The fourth-order valence-corrected chi connectivity index (χ4v) is 2.62. The van der Waals surface area contributed by atoms with E-state index in [4.69, 9.17) is 14.2 Å². The van der Waals surface area contributed by atoms with Crippen molar-refractivity contribution in [3.8, 4) is 17.2 Å². The Morgan fingerprint density at radius 2 is 1.88 bits per heavy atom. The number of benzene rings is 2. The summed E-state index contributed by atoms with van der Waals surface area (Å²) in [5, 5.41) is 13.6. The first-order chi connectivity index (χ1) is 15.3. The quantitative estimate of drug-likeness (QED) is 0.312. The average Bonchev–Trinajstić information content (AvgIpc) is 2.76. The highest BCUT2D eigenvalue weighted by molar-refractivity contribution is 5.98. The van der Waals surface area contributed by atoms with Crippen LogP contribution < -0.4 is 19.5 Å². The largest absolute Gasteiger partial charge is 0.493 e. The van der Waals surface area contributed by atoms with Crippen LogP contribution in [-0.4, -0.2) is 43.7 Å². The molecule has 0 radical (unpaired) electrons. The molecule has 0 fully saturated rings. The minimum Gasteiger partial charge on any atom is -0.493 e. The molecule has 0 unspecified atom stereocenters. The number of nitro groups is 1. The number of halogens is 2. The minimum atomic E-state index is -3.22. The molecule has 1 N–H and O–H groups in total. The maximum Gasteiger partial charge on any atom is 0.387 e. The normalized spacial score (nSPS) is 10.4. The van der Waals surface area contributed by atoms with Gasteiger partial charge in [0.1, 0.15) is 18.9 Å². The summed E-state index contributed by atoms with van der Waals surface area (Å²) in [4.78, 5) is 34.7. The number of hydrogen-bond donors (Lipinski definition) is 1. The first kappa shape index (κ1) is 24.3. The van der Waals surface area contributed by atoms with Gasteiger partial charge < -0.3 is 24.3 Å². The summed E-state index contributed by atoms with van der Waals surface area (Å²) in [5.74, 6) is -1.86. The number of carbonyl (C=O) groups is 2. The van der Waals surface area contributed by atoms with Gasteiger partial charge in [-0.25, -0.2) is 0 Å². The highest BCUT2D eigenvalue weighted by Crippen LogP contribution is 2.36. The topological polar surface area (TPSA) is 126 Å². The van der Waals surface area contributed by atoms with Crippen LogP contribution in [0.25, 0.3) is 0 Å². The molecule has 0 aliphatic rings. The number of ether oxygens (including phenoxy) is 4. The molecule has 0 aromatic heterocycles. The minimum absolute atomic E-state index is 0.116. The van der Waals surface area contributed by atoms with E-state index in [0.717, 1.165) is 19.2 Å². The van der Waals surface area contributed by atoms with E-state index in [9.17, 15) is 28.5 Å². The molecule has 0 atom stereocenters. The van der Waals surface area contributed by atoms with Crippen LogP contribution in [0.1, 0.15) is 22.8 Å². The molecule has 0 bridgehead atoms. The van der Waals surface area contributed by atoms with Gasteiger partial charge in [0, 0.05) is 0 Å². The van der Waals surface area contributed by atoms with E-state index in [1.165, 1.54) is 6.07 Å². The number of hydrogen-bond acceptors (Lipinski definition) is 8. The highest BCUT2D eigenvalue weighted by Gasteiger charge is 2.23. The third-order valence-corrected chi connectivity index (χ3v) is 3.99. The van der Waals surface area contributed by atoms with E-state index in [0.29, 0.717) is 12.4 Å². The number of nitro benzene ring substituents is 1. The molecule has 2 aromatic carbocycles. The third kappa shape index (κ3) is 6.52. The van der Waals surface area contributed by atoms with Crippen molar-refractivity contribution >= 4 is 17.6 Å². The van der Waals surface area contributed by atoms with Crippen molar-refractivity contribution in [3.05, 3.63) is 57.6 Å². The van der Waals surface area contributed by atoms with Crippen LogP contribution in [-0.2, 0) is 16.1 Å². The maximum absolute atomic E-state index is 12.5. The van der Waals surface area contributed by atoms with E-state index in [-0.39, 0.29) is 16.9 Å². The second-order valence-electron chi connectivity index (χ2n) is 6.04. The van der Waals surface area contributed by atoms with E-state index >= 15 is 0 Å². The van der Waals surface area contributed by atoms with Crippen LogP contribution in [0.5, 0.6) is 17.2 Å². The van der Waals surface area contributed by atoms with Crippen molar-refractivity contribution in [1.29, 1.82) is 0 Å². The lowest BCUT2D eigenvalue weighted by molar-refractivity contribution is -0.386. The SMILES string of the molecule is CCOc1ccccc1C(=O)NCC(=O)OCc1cc(OC)c(OC(F)F)cc1[N+](=O)[O-]. The molecule has 12 heteroatoms. The molecule has 0 spiro atoms. The molecule has 10 nitrogen and oxygen atoms in total. The molecule has 0 aliphatic carbocycles. The van der Waals surface area contributed by atoms with Gasteiger partial charge in [-0.05, 0) is 25.1 Å². The van der Waals surface area contributed by atoms with Gasteiger partial charge in [-0.3, -0.25) is 19.7 Å². The summed E-state index contributed by atoms with van der Waals surface area (Å²) in [6.07, 6.45) is 0. The van der Waals surface area contributed by atoms with E-state index in [2.05, 4.69) is 10.1 Å². The predicted octanol–water partition coefficient (Wildman–Crippen LogP) is 3.08. The lowest BCUT2D eigenvalue weighted by Gasteiger charge is -2.13. The Hall–Kier alpha value is -3.96. The lowest BCUT2D eigenvalue weighted by atomic mass is 10.1. The van der Waals surface area contributed by atoms with Crippen molar-refractivity contribution in [2.24, 2.45) is 0 Å². The van der Waals surface area contributed by atoms with Crippen LogP contribution >= 0.6 is 0 Å². The molecule has 0 heterocycles. The number of nitrogens with zero attached hydrogens (tertiary/aromatic N) is 1. The Balaban J connectivity index is 2.04. The number of nitrogens with one attached hydrogen (secondary N) is 1. The number of amides is 1. The van der Waals surface area contributed by atoms with Crippen molar-refractivity contribution < 1.29 is 42.2 Å². The highest BCUT2D eigenvalue weighted by atomic mass is 19.3. The van der Waals surface area contributed by atoms with E-state index < -0.39 is 48.0 Å². The summed E-state index contributed by atoms with van der Waals surface area (Å²) in [5.41, 5.74) is -0.504. The second kappa shape index (κ2) is 11.4. The van der Waals surface area contributed by atoms with Crippen LogP contribution in [0, 0.1) is 10.1 Å². The molecule has 32 heavy (non-hydrogen) atoms. The zero-order chi connectivity index (χ0) is 23.7. The molecule has 0 aliphatic heterocycles. The molecule has 2 aromatic rings. The zero-order valence-electron chi connectivity index (χ0n) is 17.1. The number of alkyl halides is 2. The third-order valence-electron chi connectivity index (χ3n) is 3.99. The number of carbonyl (C=O) groups excluding carboxylic acids is 2. The average molecular weight is 454 g/mol. The molecule has 0 saturated carbocycles. The van der Waals surface area contributed by atoms with Crippen molar-refractivity contribution in [1.82, 2.24) is 5.32 Å². The van der Waals surface area contributed by atoms with E-state index in [1.807, 2.05) is 0 Å². The molecule has 172 valence electrons. The molecule has 0 saturated heterocycles. The summed E-state index contributed by atoms with van der Waals surface area (Å²) < 4.78 is 44.4. The van der Waals surface area contributed by atoms with Gasteiger partial charge in [0.05, 0.1) is 35.8 Å². The van der Waals surface area contributed by atoms with Crippen molar-refractivity contribution in [2.45, 2.75) is 20.1 Å². The molecule has 1 amide bonds. The molecular formula is C20H20F2N2O8. The smallest absolute Gasteiger partial charge is 0.387 e. The summed E-state index contributed by atoms with van der Waals surface area (Å²) in [7, 11) is 1.16. The monoisotopic (exact) mass is 454 g/mol. The van der Waals surface area contributed by atoms with Crippen molar-refractivity contribution in [2.75, 3.05) is 20.3 Å². The van der Waals surface area contributed by atoms with Gasteiger partial charge in [-0.15, -0.1) is 0 Å². The van der Waals surface area contributed by atoms with Crippen LogP contribution in [0.4, 0.5) is 14.5 Å². The summed E-state index contributed by atoms with van der Waals surface area (Å²) in [6, 6.07) is 8.24. The Labute approximate surface area is 181 Å². The Kier molecular flexibility index (Phi) is 8.69. The fraction of sp³-hybridized carbons (Fsp3) is 0.300. The molecule has 2 rings (SSSR count). The molecular weight excluding hydrogens is 434 g/mol. The first-order valence-corrected chi connectivity index (χ1v) is 9.22. The van der Waals surface area contributed by atoms with E-state index in [1.54, 1.807) is 25.1 Å². The Morgan fingerprint density at radius 3 is 2.50 bits per heavy atom. The number of rotatable bonds is 11. The Bertz CT molecular complexity index is 984. The number of methoxy groups -OCH3 is 1. The van der Waals surface area contributed by atoms with Gasteiger partial charge in [0.2, 0.25) is 0 Å². The van der Waals surface area contributed by atoms with Gasteiger partial charge >= 0.3 is 12.6 Å². The van der Waals surface area contributed by atoms with Crippen LogP contribution in [0.3, 0.4) is 0 Å². The van der Waals surface area contributed by atoms with Crippen LogP contribution in [0.2, 0.25) is 0 Å². The van der Waals surface area contributed by atoms with Gasteiger partial charge in [0.25, 0.3) is 11.6 Å².